The third kappa shape index (κ3) is 2.08. The van der Waals surface area contributed by atoms with Gasteiger partial charge in [-0.3, -0.25) is 9.78 Å². The van der Waals surface area contributed by atoms with Crippen LogP contribution in [0.3, 0.4) is 0 Å². The minimum absolute atomic E-state index is 0.00998. The quantitative estimate of drug-likeness (QED) is 0.736. The van der Waals surface area contributed by atoms with Crippen molar-refractivity contribution in [3.8, 4) is 0 Å². The first-order chi connectivity index (χ1) is 10.3. The normalized spacial score (nSPS) is 17.3. The van der Waals surface area contributed by atoms with Crippen molar-refractivity contribution in [3.63, 3.8) is 0 Å². The van der Waals surface area contributed by atoms with Crippen molar-refractivity contribution in [2.45, 2.75) is 10.1 Å². The van der Waals surface area contributed by atoms with E-state index < -0.39 is 0 Å². The van der Waals surface area contributed by atoms with Crippen LogP contribution >= 0.6 is 11.8 Å². The van der Waals surface area contributed by atoms with Gasteiger partial charge in [-0.15, -0.1) is 11.8 Å². The first-order valence-electron chi connectivity index (χ1n) is 6.73. The zero-order valence-corrected chi connectivity index (χ0v) is 11.9. The average Bonchev–Trinajstić information content (AvgIpc) is 2.55. The van der Waals surface area contributed by atoms with Crippen LogP contribution in [0.25, 0.3) is 10.9 Å². The molecule has 3 nitrogen and oxygen atoms in total. The van der Waals surface area contributed by atoms with E-state index in [0.29, 0.717) is 0 Å². The van der Waals surface area contributed by atoms with Gasteiger partial charge < -0.3 is 5.32 Å². The number of thioether (sulfide) groups is 1. The van der Waals surface area contributed by atoms with E-state index in [4.69, 9.17) is 0 Å². The lowest BCUT2D eigenvalue weighted by Gasteiger charge is -2.25. The number of pyridine rings is 1. The molecule has 0 fully saturated rings. The van der Waals surface area contributed by atoms with Crippen molar-refractivity contribution < 1.29 is 4.79 Å². The number of aromatic nitrogens is 1. The second-order valence-electron chi connectivity index (χ2n) is 4.92. The molecule has 1 aromatic heterocycles. The molecule has 1 unspecified atom stereocenters. The van der Waals surface area contributed by atoms with Gasteiger partial charge in [0, 0.05) is 10.3 Å². The van der Waals surface area contributed by atoms with E-state index in [1.165, 1.54) is 0 Å². The molecule has 2 heterocycles. The van der Waals surface area contributed by atoms with Crippen LogP contribution in [-0.4, -0.2) is 10.9 Å². The minimum atomic E-state index is -0.218. The summed E-state index contributed by atoms with van der Waals surface area (Å²) in [6.07, 6.45) is 1.74. The summed E-state index contributed by atoms with van der Waals surface area (Å²) >= 11 is 1.60. The molecule has 1 atom stereocenters. The fourth-order valence-corrected chi connectivity index (χ4v) is 3.77. The molecule has 21 heavy (non-hydrogen) atoms. The Labute approximate surface area is 126 Å². The Morgan fingerprint density at radius 1 is 1.00 bits per heavy atom. The molecule has 0 spiro atoms. The Kier molecular flexibility index (Phi) is 2.89. The number of para-hydroxylation sites is 1. The van der Waals surface area contributed by atoms with Crippen LogP contribution in [0, 0.1) is 0 Å². The molecule has 0 aliphatic carbocycles. The number of amides is 1. The first-order valence-corrected chi connectivity index (χ1v) is 7.61. The fourth-order valence-electron chi connectivity index (χ4n) is 2.55. The molecule has 0 saturated heterocycles. The number of hydrogen-bond acceptors (Lipinski definition) is 3. The molecule has 1 aliphatic heterocycles. The van der Waals surface area contributed by atoms with Gasteiger partial charge in [-0.1, -0.05) is 48.5 Å². The minimum Gasteiger partial charge on any atom is -0.323 e. The van der Waals surface area contributed by atoms with Crippen LogP contribution in [0.1, 0.15) is 10.8 Å². The molecule has 0 radical (unpaired) electrons. The van der Waals surface area contributed by atoms with Gasteiger partial charge in [0.25, 0.3) is 0 Å². The molecular formula is C17H12N2OS. The molecular weight excluding hydrogens is 280 g/mol. The summed E-state index contributed by atoms with van der Waals surface area (Å²) in [6.45, 7) is 0. The van der Waals surface area contributed by atoms with Crippen molar-refractivity contribution in [1.29, 1.82) is 0 Å². The number of nitrogens with zero attached hydrogens (tertiary/aromatic N) is 1. The van der Waals surface area contributed by atoms with E-state index in [9.17, 15) is 4.79 Å². The van der Waals surface area contributed by atoms with Crippen molar-refractivity contribution in [2.24, 2.45) is 0 Å². The SMILES string of the molecule is O=C1Nc2cnc3ccccc3c2SC1c1ccccc1. The topological polar surface area (TPSA) is 42.0 Å². The number of rotatable bonds is 1. The Morgan fingerprint density at radius 2 is 1.76 bits per heavy atom. The van der Waals surface area contributed by atoms with E-state index in [-0.39, 0.29) is 11.2 Å². The number of benzene rings is 2. The third-order valence-electron chi connectivity index (χ3n) is 3.56. The summed E-state index contributed by atoms with van der Waals surface area (Å²) < 4.78 is 0. The van der Waals surface area contributed by atoms with Gasteiger partial charge in [0.15, 0.2) is 0 Å². The van der Waals surface area contributed by atoms with Gasteiger partial charge in [-0.25, -0.2) is 0 Å². The zero-order chi connectivity index (χ0) is 14.2. The van der Waals surface area contributed by atoms with E-state index in [1.807, 2.05) is 54.6 Å². The first kappa shape index (κ1) is 12.4. The highest BCUT2D eigenvalue weighted by Crippen LogP contribution is 2.46. The summed E-state index contributed by atoms with van der Waals surface area (Å²) in [5, 5.41) is 3.84. The summed E-state index contributed by atoms with van der Waals surface area (Å²) in [5.74, 6) is 0.00998. The average molecular weight is 292 g/mol. The summed E-state index contributed by atoms with van der Waals surface area (Å²) in [5.41, 5.74) is 2.77. The Hall–Kier alpha value is -2.33. The molecule has 1 amide bonds. The van der Waals surface area contributed by atoms with Crippen molar-refractivity contribution in [3.05, 3.63) is 66.4 Å². The number of hydrogen-bond donors (Lipinski definition) is 1. The highest BCUT2D eigenvalue weighted by molar-refractivity contribution is 8.00. The van der Waals surface area contributed by atoms with Crippen LogP contribution < -0.4 is 5.32 Å². The van der Waals surface area contributed by atoms with Gasteiger partial charge in [0.1, 0.15) is 5.25 Å². The molecule has 0 saturated carbocycles. The van der Waals surface area contributed by atoms with E-state index in [1.54, 1.807) is 18.0 Å². The Morgan fingerprint density at radius 3 is 2.62 bits per heavy atom. The van der Waals surface area contributed by atoms with Gasteiger partial charge >= 0.3 is 0 Å². The van der Waals surface area contributed by atoms with Crippen molar-refractivity contribution in [2.75, 3.05) is 5.32 Å². The predicted molar refractivity (Wildman–Crippen MR) is 85.4 cm³/mol. The molecule has 4 rings (SSSR count). The molecule has 3 aromatic rings. The van der Waals surface area contributed by atoms with E-state index in [2.05, 4.69) is 10.3 Å². The summed E-state index contributed by atoms with van der Waals surface area (Å²) in [4.78, 5) is 17.8. The van der Waals surface area contributed by atoms with Crippen molar-refractivity contribution >= 4 is 34.3 Å². The summed E-state index contributed by atoms with van der Waals surface area (Å²) in [6, 6.07) is 17.9. The Balaban J connectivity index is 1.85. The molecule has 102 valence electrons. The van der Waals surface area contributed by atoms with Gasteiger partial charge in [-0.05, 0) is 11.6 Å². The smallest absolute Gasteiger partial charge is 0.242 e. The maximum atomic E-state index is 12.3. The van der Waals surface area contributed by atoms with Crippen LogP contribution in [0.2, 0.25) is 0 Å². The van der Waals surface area contributed by atoms with E-state index in [0.717, 1.165) is 27.0 Å². The highest BCUT2D eigenvalue weighted by atomic mass is 32.2. The van der Waals surface area contributed by atoms with Crippen LogP contribution in [0.5, 0.6) is 0 Å². The highest BCUT2D eigenvalue weighted by Gasteiger charge is 2.29. The second-order valence-corrected chi connectivity index (χ2v) is 6.03. The summed E-state index contributed by atoms with van der Waals surface area (Å²) in [7, 11) is 0. The monoisotopic (exact) mass is 292 g/mol. The number of carbonyl (C=O) groups excluding carboxylic acids is 1. The van der Waals surface area contributed by atoms with Crippen LogP contribution in [0.15, 0.2) is 65.7 Å². The second kappa shape index (κ2) is 4.90. The predicted octanol–water partition coefficient (Wildman–Crippen LogP) is 4.02. The van der Waals surface area contributed by atoms with Gasteiger partial charge in [0.2, 0.25) is 5.91 Å². The van der Waals surface area contributed by atoms with Gasteiger partial charge in [-0.2, -0.15) is 0 Å². The Bertz CT molecular complexity index is 833. The number of fused-ring (bicyclic) bond motifs is 3. The number of anilines is 1. The number of nitrogens with one attached hydrogen (secondary N) is 1. The lowest BCUT2D eigenvalue weighted by molar-refractivity contribution is -0.115. The molecule has 4 heteroatoms. The standard InChI is InChI=1S/C17H12N2OS/c20-17-15(11-6-2-1-3-7-11)21-16-12-8-4-5-9-13(12)18-10-14(16)19-17/h1-10,15H,(H,19,20). The van der Waals surface area contributed by atoms with Crippen molar-refractivity contribution in [1.82, 2.24) is 4.98 Å². The molecule has 0 bridgehead atoms. The fraction of sp³-hybridized carbons (Fsp3) is 0.0588. The zero-order valence-electron chi connectivity index (χ0n) is 11.1. The van der Waals surface area contributed by atoms with Crippen LogP contribution in [0.4, 0.5) is 5.69 Å². The lowest BCUT2D eigenvalue weighted by Crippen LogP contribution is -2.23. The molecule has 1 aliphatic rings. The maximum Gasteiger partial charge on any atom is 0.242 e. The third-order valence-corrected chi connectivity index (χ3v) is 4.96. The molecule has 2 aromatic carbocycles. The number of carbonyl (C=O) groups is 1. The van der Waals surface area contributed by atoms with Gasteiger partial charge in [0.05, 0.1) is 17.4 Å². The van der Waals surface area contributed by atoms with Crippen LogP contribution in [-0.2, 0) is 4.79 Å². The van der Waals surface area contributed by atoms with E-state index >= 15 is 0 Å². The lowest BCUT2D eigenvalue weighted by atomic mass is 10.1. The maximum absolute atomic E-state index is 12.3. The largest absolute Gasteiger partial charge is 0.323 e. The molecule has 1 N–H and O–H groups in total.